The van der Waals surface area contributed by atoms with E-state index in [0.717, 1.165) is 0 Å². The number of ether oxygens (including phenoxy) is 1. The van der Waals surface area contributed by atoms with Gasteiger partial charge in [-0.15, -0.1) is 0 Å². The van der Waals surface area contributed by atoms with Crippen molar-refractivity contribution in [3.63, 3.8) is 0 Å². The average molecular weight is 210 g/mol. The van der Waals surface area contributed by atoms with Crippen molar-refractivity contribution in [2.24, 2.45) is 5.73 Å². The summed E-state index contributed by atoms with van der Waals surface area (Å²) in [7, 11) is 0. The van der Waals surface area contributed by atoms with Gasteiger partial charge in [0.25, 0.3) is 0 Å². The van der Waals surface area contributed by atoms with E-state index in [9.17, 15) is 4.39 Å². The molecule has 0 saturated carbocycles. The van der Waals surface area contributed by atoms with Crippen LogP contribution < -0.4 is 5.73 Å². The number of hydrogen-bond acceptors (Lipinski definition) is 2. The Kier molecular flexibility index (Phi) is 4.77. The summed E-state index contributed by atoms with van der Waals surface area (Å²) in [5, 5.41) is 6.99. The van der Waals surface area contributed by atoms with Gasteiger partial charge in [0.15, 0.2) is 0 Å². The molecule has 15 heavy (non-hydrogen) atoms. The maximum absolute atomic E-state index is 13.1. The van der Waals surface area contributed by atoms with Crippen LogP contribution in [0.3, 0.4) is 0 Å². The van der Waals surface area contributed by atoms with Gasteiger partial charge >= 0.3 is 0 Å². The zero-order valence-electron chi connectivity index (χ0n) is 8.50. The number of hydrogen-bond donors (Lipinski definition) is 2. The number of benzene rings is 1. The first-order chi connectivity index (χ1) is 7.20. The van der Waals surface area contributed by atoms with Crippen LogP contribution in [0.4, 0.5) is 4.39 Å². The Morgan fingerprint density at radius 2 is 2.13 bits per heavy atom. The number of amidine groups is 1. The van der Waals surface area contributed by atoms with E-state index in [4.69, 9.17) is 15.9 Å². The molecule has 0 unspecified atom stereocenters. The molecule has 82 valence electrons. The Morgan fingerprint density at radius 3 is 2.80 bits per heavy atom. The summed E-state index contributed by atoms with van der Waals surface area (Å²) in [6.45, 7) is 0.762. The molecule has 4 heteroatoms. The normalized spacial score (nSPS) is 10.2. The third-order valence-electron chi connectivity index (χ3n) is 1.95. The zero-order chi connectivity index (χ0) is 11.1. The molecule has 1 aromatic rings. The number of halogens is 1. The second-order valence-corrected chi connectivity index (χ2v) is 3.27. The third kappa shape index (κ3) is 4.56. The van der Waals surface area contributed by atoms with Gasteiger partial charge in [-0.3, -0.25) is 5.41 Å². The van der Waals surface area contributed by atoms with Crippen LogP contribution in [0, 0.1) is 11.2 Å². The summed E-state index contributed by atoms with van der Waals surface area (Å²) in [5.74, 6) is -0.0893. The molecule has 0 aliphatic carbocycles. The number of nitrogens with two attached hydrogens (primary N) is 1. The molecule has 1 aromatic carbocycles. The molecule has 1 rings (SSSR count). The van der Waals surface area contributed by atoms with Gasteiger partial charge in [-0.05, 0) is 12.5 Å². The van der Waals surface area contributed by atoms with E-state index in [0.29, 0.717) is 25.0 Å². The summed E-state index contributed by atoms with van der Waals surface area (Å²) >= 11 is 0. The van der Waals surface area contributed by atoms with Gasteiger partial charge in [-0.25, -0.2) is 4.39 Å². The fraction of sp³-hybridized carbons (Fsp3) is 0.364. The summed E-state index contributed by atoms with van der Waals surface area (Å²) in [4.78, 5) is 0. The minimum Gasteiger partial charge on any atom is -0.388 e. The number of nitrogens with one attached hydrogen (secondary N) is 1. The van der Waals surface area contributed by atoms with Crippen molar-refractivity contribution in [2.45, 2.75) is 19.4 Å². The Hall–Kier alpha value is -1.42. The average Bonchev–Trinajstić information content (AvgIpc) is 2.20. The Balaban J connectivity index is 2.21. The van der Waals surface area contributed by atoms with Crippen molar-refractivity contribution in [3.8, 4) is 0 Å². The molecule has 0 atom stereocenters. The smallest absolute Gasteiger partial charge is 0.128 e. The predicted octanol–water partition coefficient (Wildman–Crippen LogP) is 2.06. The molecule has 0 fully saturated rings. The Labute approximate surface area is 88.6 Å². The molecule has 0 aliphatic heterocycles. The van der Waals surface area contributed by atoms with Crippen LogP contribution in [0.5, 0.6) is 0 Å². The lowest BCUT2D eigenvalue weighted by Gasteiger charge is -2.04. The summed E-state index contributed by atoms with van der Waals surface area (Å²) in [5.41, 5.74) is 5.73. The molecular formula is C11H15FN2O. The van der Waals surface area contributed by atoms with E-state index in [1.807, 2.05) is 0 Å². The first-order valence-electron chi connectivity index (χ1n) is 4.84. The quantitative estimate of drug-likeness (QED) is 0.429. The molecule has 3 N–H and O–H groups in total. The van der Waals surface area contributed by atoms with Crippen molar-refractivity contribution < 1.29 is 9.13 Å². The van der Waals surface area contributed by atoms with Gasteiger partial charge in [0, 0.05) is 18.6 Å². The number of rotatable bonds is 6. The Bertz CT molecular complexity index is 328. The minimum absolute atomic E-state index is 0.157. The highest BCUT2D eigenvalue weighted by Crippen LogP contribution is 2.07. The Morgan fingerprint density at radius 1 is 1.40 bits per heavy atom. The van der Waals surface area contributed by atoms with Gasteiger partial charge in [0.1, 0.15) is 5.82 Å². The van der Waals surface area contributed by atoms with Gasteiger partial charge in [0.2, 0.25) is 0 Å². The van der Waals surface area contributed by atoms with Crippen LogP contribution in [-0.4, -0.2) is 12.4 Å². The first-order valence-corrected chi connectivity index (χ1v) is 4.84. The highest BCUT2D eigenvalue weighted by Gasteiger charge is 1.99. The summed E-state index contributed by atoms with van der Waals surface area (Å²) in [6, 6.07) is 6.53. The second kappa shape index (κ2) is 6.14. The lowest BCUT2D eigenvalue weighted by molar-refractivity contribution is 0.117. The lowest BCUT2D eigenvalue weighted by Crippen LogP contribution is -2.10. The van der Waals surface area contributed by atoms with E-state index in [1.54, 1.807) is 18.2 Å². The molecule has 0 aliphatic rings. The van der Waals surface area contributed by atoms with Crippen molar-refractivity contribution in [2.75, 3.05) is 6.61 Å². The van der Waals surface area contributed by atoms with Gasteiger partial charge < -0.3 is 10.5 Å². The van der Waals surface area contributed by atoms with Crippen LogP contribution in [0.1, 0.15) is 18.4 Å². The maximum Gasteiger partial charge on any atom is 0.128 e. The van der Waals surface area contributed by atoms with E-state index >= 15 is 0 Å². The topological polar surface area (TPSA) is 59.1 Å². The maximum atomic E-state index is 13.1. The van der Waals surface area contributed by atoms with Crippen LogP contribution in [-0.2, 0) is 11.3 Å². The monoisotopic (exact) mass is 210 g/mol. The zero-order valence-corrected chi connectivity index (χ0v) is 8.50. The van der Waals surface area contributed by atoms with Gasteiger partial charge in [-0.2, -0.15) is 0 Å². The molecule has 0 aromatic heterocycles. The summed E-state index contributed by atoms with van der Waals surface area (Å²) in [6.07, 6.45) is 1.22. The highest BCUT2D eigenvalue weighted by atomic mass is 19.1. The van der Waals surface area contributed by atoms with Gasteiger partial charge in [0.05, 0.1) is 12.4 Å². The van der Waals surface area contributed by atoms with Crippen molar-refractivity contribution in [3.05, 3.63) is 35.6 Å². The van der Waals surface area contributed by atoms with Crippen LogP contribution in [0.15, 0.2) is 24.3 Å². The molecule has 0 amide bonds. The van der Waals surface area contributed by atoms with E-state index in [1.165, 1.54) is 6.07 Å². The van der Waals surface area contributed by atoms with E-state index in [2.05, 4.69) is 0 Å². The highest BCUT2D eigenvalue weighted by molar-refractivity contribution is 5.76. The third-order valence-corrected chi connectivity index (χ3v) is 1.95. The second-order valence-electron chi connectivity index (χ2n) is 3.27. The van der Waals surface area contributed by atoms with Crippen molar-refractivity contribution in [1.82, 2.24) is 0 Å². The molecule has 3 nitrogen and oxygen atoms in total. The lowest BCUT2D eigenvalue weighted by atomic mass is 10.2. The summed E-state index contributed by atoms with van der Waals surface area (Å²) < 4.78 is 18.4. The molecule has 0 radical (unpaired) electrons. The molecule has 0 saturated heterocycles. The molecule has 0 bridgehead atoms. The first kappa shape index (κ1) is 11.7. The molecule has 0 heterocycles. The fourth-order valence-electron chi connectivity index (χ4n) is 1.16. The van der Waals surface area contributed by atoms with Crippen LogP contribution in [0.2, 0.25) is 0 Å². The van der Waals surface area contributed by atoms with Crippen molar-refractivity contribution >= 4 is 5.84 Å². The fourth-order valence-corrected chi connectivity index (χ4v) is 1.16. The van der Waals surface area contributed by atoms with Crippen LogP contribution in [0.25, 0.3) is 0 Å². The van der Waals surface area contributed by atoms with Crippen LogP contribution >= 0.6 is 0 Å². The SMILES string of the molecule is N=C(N)CCCOCc1ccccc1F. The predicted molar refractivity (Wildman–Crippen MR) is 57.2 cm³/mol. The largest absolute Gasteiger partial charge is 0.388 e. The molecular weight excluding hydrogens is 195 g/mol. The van der Waals surface area contributed by atoms with Crippen molar-refractivity contribution in [1.29, 1.82) is 5.41 Å². The van der Waals surface area contributed by atoms with E-state index < -0.39 is 0 Å². The van der Waals surface area contributed by atoms with Gasteiger partial charge in [-0.1, -0.05) is 18.2 Å². The minimum atomic E-state index is -0.246. The standard InChI is InChI=1S/C11H15FN2O/c12-10-5-2-1-4-9(10)8-15-7-3-6-11(13)14/h1-2,4-5H,3,6-8H2,(H3,13,14). The van der Waals surface area contributed by atoms with E-state index in [-0.39, 0.29) is 18.3 Å². The molecule has 0 spiro atoms.